The smallest absolute Gasteiger partial charge is 0.0551 e. The van der Waals surface area contributed by atoms with Crippen LogP contribution in [0.4, 0.5) is 0 Å². The number of hydrogen-bond donors (Lipinski definition) is 0. The summed E-state index contributed by atoms with van der Waals surface area (Å²) in [6, 6.07) is 0. The molecule has 1 heteroatoms. The van der Waals surface area contributed by atoms with E-state index in [9.17, 15) is 0 Å². The van der Waals surface area contributed by atoms with E-state index in [-0.39, 0.29) is 0 Å². The first kappa shape index (κ1) is 26.4. The van der Waals surface area contributed by atoms with Crippen molar-refractivity contribution in [3.05, 3.63) is 47.6 Å². The highest BCUT2D eigenvalue weighted by atomic mass is 28.3. The Morgan fingerprint density at radius 2 is 1.16 bits per heavy atom. The van der Waals surface area contributed by atoms with E-state index in [0.29, 0.717) is 21.7 Å². The van der Waals surface area contributed by atoms with Crippen LogP contribution in [-0.4, -0.2) is 8.07 Å². The molecule has 0 spiro atoms. The van der Waals surface area contributed by atoms with Gasteiger partial charge < -0.3 is 0 Å². The van der Waals surface area contributed by atoms with Crippen molar-refractivity contribution >= 4 is 8.07 Å². The summed E-state index contributed by atoms with van der Waals surface area (Å²) in [6.07, 6.45) is 24.1. The zero-order valence-electron chi connectivity index (χ0n) is 25.8. The Bertz CT molecular complexity index is 1070. The van der Waals surface area contributed by atoms with Crippen LogP contribution in [0.15, 0.2) is 47.6 Å². The molecule has 0 amide bonds. The second-order valence-electron chi connectivity index (χ2n) is 17.7. The molecule has 4 fully saturated rings. The normalized spacial score (nSPS) is 44.3. The van der Waals surface area contributed by atoms with Crippen LogP contribution in [-0.2, 0) is 0 Å². The minimum atomic E-state index is -1.61. The van der Waals surface area contributed by atoms with Gasteiger partial charge in [-0.3, -0.25) is 0 Å². The zero-order valence-corrected chi connectivity index (χ0v) is 26.8. The lowest BCUT2D eigenvalue weighted by Gasteiger charge is -2.55. The molecule has 6 aliphatic carbocycles. The maximum Gasteiger partial charge on any atom is 0.0551 e. The third-order valence-corrected chi connectivity index (χ3v) is 18.5. The lowest BCUT2D eigenvalue weighted by atomic mass is 9.53. The lowest BCUT2D eigenvalue weighted by molar-refractivity contribution is -0.0118. The fraction of sp³-hybridized carbons (Fsp3) is 0.778. The van der Waals surface area contributed by atoms with Crippen molar-refractivity contribution < 1.29 is 0 Å². The Kier molecular flexibility index (Phi) is 5.79. The van der Waals surface area contributed by atoms with Gasteiger partial charge in [-0.1, -0.05) is 111 Å². The molecule has 0 nitrogen and oxygen atoms in total. The van der Waals surface area contributed by atoms with Gasteiger partial charge in [-0.05, 0) is 112 Å². The Balaban J connectivity index is 1.52. The van der Waals surface area contributed by atoms with Crippen LogP contribution < -0.4 is 0 Å². The maximum absolute atomic E-state index is 2.95. The predicted octanol–water partition coefficient (Wildman–Crippen LogP) is 10.6. The van der Waals surface area contributed by atoms with E-state index >= 15 is 0 Å². The summed E-state index contributed by atoms with van der Waals surface area (Å²) in [6.45, 7) is 26.6. The van der Waals surface area contributed by atoms with E-state index in [2.05, 4.69) is 105 Å². The topological polar surface area (TPSA) is 0 Å². The minimum absolute atomic E-state index is 0.316. The molecule has 0 bridgehead atoms. The van der Waals surface area contributed by atoms with Crippen molar-refractivity contribution in [3.63, 3.8) is 0 Å². The van der Waals surface area contributed by atoms with Gasteiger partial charge in [0.25, 0.3) is 0 Å². The second-order valence-corrected chi connectivity index (χ2v) is 22.7. The number of allylic oxidation sites excluding steroid dienone is 8. The molecular formula is C36H56Si. The van der Waals surface area contributed by atoms with Crippen molar-refractivity contribution in [1.82, 2.24) is 0 Å². The van der Waals surface area contributed by atoms with E-state index in [1.54, 1.807) is 11.1 Å². The van der Waals surface area contributed by atoms with E-state index in [1.165, 1.54) is 38.5 Å². The molecule has 204 valence electrons. The molecule has 0 aliphatic heterocycles. The summed E-state index contributed by atoms with van der Waals surface area (Å²) in [5.41, 5.74) is 6.83. The first-order valence-corrected chi connectivity index (χ1v) is 19.0. The molecule has 0 saturated heterocycles. The SMILES string of the molecule is CC1(C)CCC(C)(C)C2=CC3C(C=C21)C1C(C3[Si](C)(C)C2CCC3C=CC=CC32)C(C)(C)CCC1(C)C. The minimum Gasteiger partial charge on any atom is -0.0808 e. The van der Waals surface area contributed by atoms with Gasteiger partial charge in [-0.15, -0.1) is 0 Å². The zero-order chi connectivity index (χ0) is 26.8. The van der Waals surface area contributed by atoms with Crippen molar-refractivity contribution in [2.24, 2.45) is 57.2 Å². The third-order valence-electron chi connectivity index (χ3n) is 13.5. The Hall–Kier alpha value is -0.823. The number of hydrogen-bond acceptors (Lipinski definition) is 0. The number of rotatable bonds is 2. The van der Waals surface area contributed by atoms with Crippen LogP contribution in [0.2, 0.25) is 24.2 Å². The monoisotopic (exact) mass is 516 g/mol. The average molecular weight is 517 g/mol. The molecule has 0 aromatic heterocycles. The summed E-state index contributed by atoms with van der Waals surface area (Å²) >= 11 is 0. The predicted molar refractivity (Wildman–Crippen MR) is 163 cm³/mol. The van der Waals surface area contributed by atoms with Crippen LogP contribution in [0.25, 0.3) is 0 Å². The van der Waals surface area contributed by atoms with Crippen LogP contribution in [0.3, 0.4) is 0 Å². The molecule has 4 saturated carbocycles. The molecule has 0 aromatic carbocycles. The lowest BCUT2D eigenvalue weighted by Crippen LogP contribution is -2.50. The van der Waals surface area contributed by atoms with Gasteiger partial charge in [-0.25, -0.2) is 0 Å². The molecule has 6 aliphatic rings. The molecule has 0 N–H and O–H groups in total. The van der Waals surface area contributed by atoms with Gasteiger partial charge in [-0.2, -0.15) is 0 Å². The van der Waals surface area contributed by atoms with Crippen molar-refractivity contribution in [2.45, 2.75) is 118 Å². The largest absolute Gasteiger partial charge is 0.0808 e. The molecular weight excluding hydrogens is 460 g/mol. The van der Waals surface area contributed by atoms with E-state index in [1.807, 2.05) is 0 Å². The van der Waals surface area contributed by atoms with Crippen LogP contribution in [0, 0.1) is 57.2 Å². The quantitative estimate of drug-likeness (QED) is 0.320. The standard InChI is InChI=1S/C36H56Si/c1-33(2)17-18-34(3,4)28-22-26-25(21-27(28)33)30-31(36(7,8)20-19-35(30,5)6)32(26)37(9,10)29-16-15-23-13-11-12-14-24(23)29/h11-14,21-26,29-32H,15-20H2,1-10H3. The maximum atomic E-state index is 2.95. The van der Waals surface area contributed by atoms with E-state index in [0.717, 1.165) is 46.6 Å². The average Bonchev–Trinajstić information content (AvgIpc) is 3.41. The Labute approximate surface area is 230 Å². The highest BCUT2D eigenvalue weighted by Gasteiger charge is 2.66. The summed E-state index contributed by atoms with van der Waals surface area (Å²) in [7, 11) is -1.61. The van der Waals surface area contributed by atoms with E-state index < -0.39 is 8.07 Å². The Morgan fingerprint density at radius 3 is 1.78 bits per heavy atom. The molecule has 0 radical (unpaired) electrons. The summed E-state index contributed by atoms with van der Waals surface area (Å²) in [5, 5.41) is 0. The van der Waals surface area contributed by atoms with Crippen molar-refractivity contribution in [2.75, 3.05) is 0 Å². The van der Waals surface area contributed by atoms with Gasteiger partial charge in [0.15, 0.2) is 0 Å². The van der Waals surface area contributed by atoms with Crippen LogP contribution in [0.1, 0.15) is 93.9 Å². The highest BCUT2D eigenvalue weighted by molar-refractivity contribution is 6.80. The fourth-order valence-electron chi connectivity index (χ4n) is 11.2. The summed E-state index contributed by atoms with van der Waals surface area (Å²) in [5.74, 6) is 4.78. The summed E-state index contributed by atoms with van der Waals surface area (Å²) < 4.78 is 0. The first-order chi connectivity index (χ1) is 17.1. The van der Waals surface area contributed by atoms with Gasteiger partial charge in [0, 0.05) is 0 Å². The fourth-order valence-corrected chi connectivity index (χ4v) is 16.9. The van der Waals surface area contributed by atoms with Crippen LogP contribution in [0.5, 0.6) is 0 Å². The van der Waals surface area contributed by atoms with Gasteiger partial charge >= 0.3 is 0 Å². The number of fused-ring (bicyclic) bond motifs is 5. The molecule has 8 atom stereocenters. The molecule has 0 heterocycles. The van der Waals surface area contributed by atoms with Crippen LogP contribution >= 0.6 is 0 Å². The van der Waals surface area contributed by atoms with E-state index in [4.69, 9.17) is 0 Å². The summed E-state index contributed by atoms with van der Waals surface area (Å²) in [4.78, 5) is 0. The second kappa shape index (κ2) is 8.11. The van der Waals surface area contributed by atoms with Gasteiger partial charge in [0.2, 0.25) is 0 Å². The first-order valence-electron chi connectivity index (χ1n) is 15.9. The van der Waals surface area contributed by atoms with Gasteiger partial charge in [0.05, 0.1) is 8.07 Å². The third kappa shape index (κ3) is 3.78. The van der Waals surface area contributed by atoms with Crippen molar-refractivity contribution in [3.8, 4) is 0 Å². The molecule has 0 aromatic rings. The van der Waals surface area contributed by atoms with Gasteiger partial charge in [0.1, 0.15) is 0 Å². The Morgan fingerprint density at radius 1 is 0.622 bits per heavy atom. The highest BCUT2D eigenvalue weighted by Crippen LogP contribution is 2.73. The molecule has 6 rings (SSSR count). The van der Waals surface area contributed by atoms with Crippen molar-refractivity contribution in [1.29, 1.82) is 0 Å². The molecule has 37 heavy (non-hydrogen) atoms. The molecule has 8 unspecified atom stereocenters.